The lowest BCUT2D eigenvalue weighted by molar-refractivity contribution is 0.550. The Kier molecular flexibility index (Phi) is 2.82. The van der Waals surface area contributed by atoms with E-state index in [1.807, 2.05) is 24.5 Å². The van der Waals surface area contributed by atoms with Gasteiger partial charge in [0.15, 0.2) is 0 Å². The Bertz CT molecular complexity index is 506. The summed E-state index contributed by atoms with van der Waals surface area (Å²) in [6.07, 6.45) is 3.38. The monoisotopic (exact) mass is 216 g/mol. The number of rotatable bonds is 2. The molecule has 3 heteroatoms. The van der Waals surface area contributed by atoms with Gasteiger partial charge in [0.2, 0.25) is 0 Å². The van der Waals surface area contributed by atoms with Crippen LogP contribution in [0.25, 0.3) is 0 Å². The lowest BCUT2D eigenvalue weighted by Gasteiger charge is -2.17. The van der Waals surface area contributed by atoms with Crippen molar-refractivity contribution >= 4 is 0 Å². The first-order valence-electron chi connectivity index (χ1n) is 5.78. The minimum absolute atomic E-state index is 0.0252. The van der Waals surface area contributed by atoms with Crippen molar-refractivity contribution in [1.82, 2.24) is 4.57 Å². The van der Waals surface area contributed by atoms with Gasteiger partial charge < -0.3 is 4.57 Å². The molecule has 0 atom stereocenters. The second kappa shape index (κ2) is 4.13. The highest BCUT2D eigenvalue weighted by atomic mass is 16.1. The molecule has 0 bridgehead atoms. The van der Waals surface area contributed by atoms with Gasteiger partial charge in [0, 0.05) is 17.3 Å². The number of hydrogen-bond donors (Lipinski definition) is 0. The molecule has 0 fully saturated rings. The van der Waals surface area contributed by atoms with Gasteiger partial charge in [-0.3, -0.25) is 4.79 Å². The van der Waals surface area contributed by atoms with Crippen LogP contribution in [-0.4, -0.2) is 4.57 Å². The summed E-state index contributed by atoms with van der Waals surface area (Å²) in [5, 5.41) is 8.72. The third-order valence-corrected chi connectivity index (χ3v) is 3.15. The van der Waals surface area contributed by atoms with E-state index in [4.69, 9.17) is 5.26 Å². The van der Waals surface area contributed by atoms with Crippen molar-refractivity contribution in [2.75, 3.05) is 0 Å². The van der Waals surface area contributed by atoms with Crippen LogP contribution in [0.4, 0.5) is 0 Å². The van der Waals surface area contributed by atoms with E-state index >= 15 is 0 Å². The molecule has 1 aliphatic carbocycles. The maximum Gasteiger partial charge on any atom is 0.255 e. The summed E-state index contributed by atoms with van der Waals surface area (Å²) < 4.78 is 1.87. The predicted octanol–water partition coefficient (Wildman–Crippen LogP) is 1.98. The largest absolute Gasteiger partial charge is 0.310 e. The van der Waals surface area contributed by atoms with Crippen LogP contribution >= 0.6 is 0 Å². The van der Waals surface area contributed by atoms with Crippen LogP contribution in [0.15, 0.2) is 10.9 Å². The molecule has 3 nitrogen and oxygen atoms in total. The zero-order chi connectivity index (χ0) is 11.7. The first-order chi connectivity index (χ1) is 7.65. The third kappa shape index (κ3) is 1.65. The van der Waals surface area contributed by atoms with Gasteiger partial charge >= 0.3 is 0 Å². The molecule has 1 aromatic rings. The van der Waals surface area contributed by atoms with Gasteiger partial charge in [-0.2, -0.15) is 5.26 Å². The second-order valence-electron chi connectivity index (χ2n) is 4.60. The highest BCUT2D eigenvalue weighted by Crippen LogP contribution is 2.23. The quantitative estimate of drug-likeness (QED) is 0.758. The molecular formula is C13H16N2O. The Labute approximate surface area is 95.3 Å². The normalized spacial score (nSPS) is 13.9. The molecule has 0 saturated heterocycles. The standard InChI is InChI=1S/C13H16N2O/c1-9(2)15-12-5-3-4-10(12)8-11(6-7-14)13(15)16/h8-9H,3-6H2,1-2H3. The van der Waals surface area contributed by atoms with Gasteiger partial charge in [0.25, 0.3) is 5.56 Å². The summed E-state index contributed by atoms with van der Waals surface area (Å²) in [5.41, 5.74) is 3.12. The summed E-state index contributed by atoms with van der Waals surface area (Å²) in [7, 11) is 0. The Morgan fingerprint density at radius 2 is 2.25 bits per heavy atom. The van der Waals surface area contributed by atoms with E-state index in [2.05, 4.69) is 6.07 Å². The highest BCUT2D eigenvalue weighted by molar-refractivity contribution is 5.32. The molecule has 84 valence electrons. The van der Waals surface area contributed by atoms with E-state index in [9.17, 15) is 4.79 Å². The zero-order valence-electron chi connectivity index (χ0n) is 9.79. The molecule has 0 aliphatic heterocycles. The lowest BCUT2D eigenvalue weighted by atomic mass is 10.1. The molecule has 1 heterocycles. The molecule has 16 heavy (non-hydrogen) atoms. The van der Waals surface area contributed by atoms with E-state index in [0.29, 0.717) is 5.56 Å². The van der Waals surface area contributed by atoms with Crippen LogP contribution in [0.3, 0.4) is 0 Å². The first kappa shape index (κ1) is 10.9. The minimum Gasteiger partial charge on any atom is -0.310 e. The van der Waals surface area contributed by atoms with Crippen molar-refractivity contribution in [3.63, 3.8) is 0 Å². The van der Waals surface area contributed by atoms with Gasteiger partial charge in [0.05, 0.1) is 12.5 Å². The van der Waals surface area contributed by atoms with Gasteiger partial charge in [-0.25, -0.2) is 0 Å². The summed E-state index contributed by atoms with van der Waals surface area (Å²) in [5.74, 6) is 0. The maximum absolute atomic E-state index is 12.2. The summed E-state index contributed by atoms with van der Waals surface area (Å²) in [6, 6.07) is 4.18. The van der Waals surface area contributed by atoms with Crippen LogP contribution < -0.4 is 5.56 Å². The second-order valence-corrected chi connectivity index (χ2v) is 4.60. The Balaban J connectivity index is 2.66. The van der Waals surface area contributed by atoms with Crippen molar-refractivity contribution in [2.45, 2.75) is 45.6 Å². The molecule has 0 spiro atoms. The maximum atomic E-state index is 12.2. The van der Waals surface area contributed by atoms with Crippen LogP contribution in [0.1, 0.15) is 43.1 Å². The lowest BCUT2D eigenvalue weighted by Crippen LogP contribution is -2.28. The van der Waals surface area contributed by atoms with Crippen LogP contribution in [0.2, 0.25) is 0 Å². The Hall–Kier alpha value is -1.56. The molecule has 1 aliphatic rings. The molecular weight excluding hydrogens is 200 g/mol. The van der Waals surface area contributed by atoms with E-state index in [1.54, 1.807) is 0 Å². The molecule has 2 rings (SSSR count). The van der Waals surface area contributed by atoms with E-state index in [-0.39, 0.29) is 18.0 Å². The van der Waals surface area contributed by atoms with E-state index < -0.39 is 0 Å². The number of nitrogens with zero attached hydrogens (tertiary/aromatic N) is 2. The average molecular weight is 216 g/mol. The first-order valence-corrected chi connectivity index (χ1v) is 5.78. The van der Waals surface area contributed by atoms with Crippen molar-refractivity contribution < 1.29 is 0 Å². The number of fused-ring (bicyclic) bond motifs is 1. The molecule has 0 amide bonds. The minimum atomic E-state index is 0.0252. The fraction of sp³-hybridized carbons (Fsp3) is 0.538. The van der Waals surface area contributed by atoms with Gasteiger partial charge in [0.1, 0.15) is 0 Å². The average Bonchev–Trinajstić information content (AvgIpc) is 2.66. The number of hydrogen-bond acceptors (Lipinski definition) is 2. The van der Waals surface area contributed by atoms with Crippen molar-refractivity contribution in [3.05, 3.63) is 33.2 Å². The topological polar surface area (TPSA) is 45.8 Å². The zero-order valence-corrected chi connectivity index (χ0v) is 9.79. The van der Waals surface area contributed by atoms with Crippen LogP contribution in [0, 0.1) is 11.3 Å². The summed E-state index contributed by atoms with van der Waals surface area (Å²) >= 11 is 0. The van der Waals surface area contributed by atoms with Crippen LogP contribution in [0.5, 0.6) is 0 Å². The van der Waals surface area contributed by atoms with E-state index in [0.717, 1.165) is 19.3 Å². The van der Waals surface area contributed by atoms with Gasteiger partial charge in [-0.1, -0.05) is 0 Å². The highest BCUT2D eigenvalue weighted by Gasteiger charge is 2.20. The van der Waals surface area contributed by atoms with Gasteiger partial charge in [-0.05, 0) is 44.7 Å². The SMILES string of the molecule is CC(C)n1c2c(cc(CC#N)c1=O)CCC2. The van der Waals surface area contributed by atoms with Crippen molar-refractivity contribution in [1.29, 1.82) is 5.26 Å². The van der Waals surface area contributed by atoms with E-state index in [1.165, 1.54) is 11.3 Å². The Morgan fingerprint density at radius 3 is 2.88 bits per heavy atom. The molecule has 0 saturated carbocycles. The fourth-order valence-electron chi connectivity index (χ4n) is 2.49. The molecule has 1 aromatic heterocycles. The van der Waals surface area contributed by atoms with Gasteiger partial charge in [-0.15, -0.1) is 0 Å². The number of nitriles is 1. The smallest absolute Gasteiger partial charge is 0.255 e. The number of aromatic nitrogens is 1. The third-order valence-electron chi connectivity index (χ3n) is 3.15. The molecule has 0 radical (unpaired) electrons. The fourth-order valence-corrected chi connectivity index (χ4v) is 2.49. The number of aryl methyl sites for hydroxylation is 1. The number of pyridine rings is 1. The molecule has 0 aromatic carbocycles. The molecule has 0 N–H and O–H groups in total. The Morgan fingerprint density at radius 1 is 1.50 bits per heavy atom. The summed E-state index contributed by atoms with van der Waals surface area (Å²) in [6.45, 7) is 4.05. The van der Waals surface area contributed by atoms with Crippen molar-refractivity contribution in [2.24, 2.45) is 0 Å². The molecule has 0 unspecified atom stereocenters. The predicted molar refractivity (Wildman–Crippen MR) is 62.4 cm³/mol. The van der Waals surface area contributed by atoms with Crippen LogP contribution in [-0.2, 0) is 19.3 Å². The summed E-state index contributed by atoms with van der Waals surface area (Å²) in [4.78, 5) is 12.2. The van der Waals surface area contributed by atoms with Crippen molar-refractivity contribution in [3.8, 4) is 6.07 Å².